The number of carbonyl (C=O) groups is 2. The maximum atomic E-state index is 13.5. The second-order valence-electron chi connectivity index (χ2n) is 7.27. The van der Waals surface area contributed by atoms with Crippen molar-refractivity contribution in [2.75, 3.05) is 27.3 Å². The lowest BCUT2D eigenvalue weighted by Crippen LogP contribution is -2.47. The van der Waals surface area contributed by atoms with Crippen molar-refractivity contribution in [3.05, 3.63) is 77.8 Å². The molecule has 3 heterocycles. The lowest BCUT2D eigenvalue weighted by atomic mass is 9.94. The van der Waals surface area contributed by atoms with Gasteiger partial charge in [0, 0.05) is 31.0 Å². The molecule has 4 rings (SSSR count). The van der Waals surface area contributed by atoms with Crippen molar-refractivity contribution in [3.63, 3.8) is 0 Å². The molecule has 0 spiro atoms. The summed E-state index contributed by atoms with van der Waals surface area (Å²) in [5.74, 6) is 1.04. The molecular weight excluding hydrogens is 396 g/mol. The van der Waals surface area contributed by atoms with Gasteiger partial charge in [0.2, 0.25) is 0 Å². The molecule has 3 amide bonds. The Labute approximate surface area is 180 Å². The zero-order valence-electron chi connectivity index (χ0n) is 17.5. The van der Waals surface area contributed by atoms with Gasteiger partial charge in [-0.2, -0.15) is 0 Å². The van der Waals surface area contributed by atoms with Gasteiger partial charge >= 0.3 is 6.03 Å². The van der Waals surface area contributed by atoms with Crippen molar-refractivity contribution in [1.29, 1.82) is 0 Å². The van der Waals surface area contributed by atoms with Crippen molar-refractivity contribution in [2.45, 2.75) is 12.6 Å². The van der Waals surface area contributed by atoms with Crippen LogP contribution in [0.2, 0.25) is 0 Å². The van der Waals surface area contributed by atoms with E-state index >= 15 is 0 Å². The fourth-order valence-electron chi connectivity index (χ4n) is 4.01. The van der Waals surface area contributed by atoms with Crippen LogP contribution in [-0.4, -0.2) is 54.0 Å². The molecule has 0 saturated carbocycles. The summed E-state index contributed by atoms with van der Waals surface area (Å²) in [6.45, 7) is 4.78. The van der Waals surface area contributed by atoms with Crippen molar-refractivity contribution in [3.8, 4) is 11.5 Å². The quantitative estimate of drug-likeness (QED) is 0.697. The van der Waals surface area contributed by atoms with Crippen LogP contribution in [0.3, 0.4) is 0 Å². The number of carbonyl (C=O) groups excluding carboxylic acids is 2. The molecule has 1 aromatic heterocycles. The molecule has 0 aliphatic carbocycles. The first-order chi connectivity index (χ1) is 15.1. The molecule has 8 heteroatoms. The molecule has 2 aliphatic heterocycles. The SMILES string of the molecule is C=CCN1C(=O)N[C@@H](c2cc(OC)ccc2OC)C2=C1CN(Cc1cccnc1)C2=O. The van der Waals surface area contributed by atoms with Crippen molar-refractivity contribution >= 4 is 11.9 Å². The molecule has 160 valence electrons. The molecule has 0 fully saturated rings. The minimum atomic E-state index is -0.653. The zero-order valence-corrected chi connectivity index (χ0v) is 17.5. The molecule has 0 saturated heterocycles. The van der Waals surface area contributed by atoms with E-state index in [0.717, 1.165) is 5.56 Å². The van der Waals surface area contributed by atoms with Gasteiger partial charge in [-0.15, -0.1) is 6.58 Å². The van der Waals surface area contributed by atoms with E-state index in [0.29, 0.717) is 48.0 Å². The first-order valence-electron chi connectivity index (χ1n) is 9.89. The maximum Gasteiger partial charge on any atom is 0.322 e. The molecule has 0 unspecified atom stereocenters. The fourth-order valence-corrected chi connectivity index (χ4v) is 4.01. The number of methoxy groups -OCH3 is 2. The summed E-state index contributed by atoms with van der Waals surface area (Å²) < 4.78 is 10.9. The number of benzene rings is 1. The molecule has 31 heavy (non-hydrogen) atoms. The summed E-state index contributed by atoms with van der Waals surface area (Å²) in [5.41, 5.74) is 2.78. The number of hydrogen-bond donors (Lipinski definition) is 1. The summed E-state index contributed by atoms with van der Waals surface area (Å²) in [5, 5.41) is 2.97. The molecular formula is C23H24N4O4. The number of urea groups is 1. The number of ether oxygens (including phenoxy) is 2. The van der Waals surface area contributed by atoms with Crippen LogP contribution in [0.15, 0.2) is 66.7 Å². The molecule has 2 aromatic rings. The predicted molar refractivity (Wildman–Crippen MR) is 114 cm³/mol. The Bertz CT molecular complexity index is 1050. The highest BCUT2D eigenvalue weighted by Crippen LogP contribution is 2.40. The minimum Gasteiger partial charge on any atom is -0.497 e. The summed E-state index contributed by atoms with van der Waals surface area (Å²) in [7, 11) is 3.12. The summed E-state index contributed by atoms with van der Waals surface area (Å²) >= 11 is 0. The number of amides is 3. The highest BCUT2D eigenvalue weighted by Gasteiger charge is 2.44. The van der Waals surface area contributed by atoms with Gasteiger partial charge in [0.15, 0.2) is 0 Å². The third kappa shape index (κ3) is 3.72. The van der Waals surface area contributed by atoms with Gasteiger partial charge < -0.3 is 19.7 Å². The third-order valence-corrected chi connectivity index (χ3v) is 5.45. The Morgan fingerprint density at radius 3 is 2.77 bits per heavy atom. The van der Waals surface area contributed by atoms with Gasteiger partial charge in [-0.25, -0.2) is 4.79 Å². The number of hydrogen-bond acceptors (Lipinski definition) is 5. The first-order valence-corrected chi connectivity index (χ1v) is 9.89. The van der Waals surface area contributed by atoms with Crippen LogP contribution in [-0.2, 0) is 11.3 Å². The van der Waals surface area contributed by atoms with Gasteiger partial charge in [0.1, 0.15) is 11.5 Å². The van der Waals surface area contributed by atoms with Crippen molar-refractivity contribution < 1.29 is 19.1 Å². The number of nitrogens with zero attached hydrogens (tertiary/aromatic N) is 3. The largest absolute Gasteiger partial charge is 0.497 e. The smallest absolute Gasteiger partial charge is 0.322 e. The average Bonchev–Trinajstić information content (AvgIpc) is 3.11. The normalized spacial score (nSPS) is 18.1. The van der Waals surface area contributed by atoms with E-state index in [1.165, 1.54) is 0 Å². The molecule has 1 N–H and O–H groups in total. The van der Waals surface area contributed by atoms with Gasteiger partial charge in [-0.05, 0) is 29.8 Å². The van der Waals surface area contributed by atoms with Crippen LogP contribution >= 0.6 is 0 Å². The topological polar surface area (TPSA) is 84.0 Å². The Morgan fingerprint density at radius 1 is 1.26 bits per heavy atom. The second kappa shape index (κ2) is 8.51. The highest BCUT2D eigenvalue weighted by atomic mass is 16.5. The van der Waals surface area contributed by atoms with E-state index in [2.05, 4.69) is 16.9 Å². The molecule has 2 aliphatic rings. The number of rotatable bonds is 7. The van der Waals surface area contributed by atoms with E-state index < -0.39 is 6.04 Å². The summed E-state index contributed by atoms with van der Waals surface area (Å²) in [6.07, 6.45) is 5.07. The van der Waals surface area contributed by atoms with Crippen LogP contribution < -0.4 is 14.8 Å². The monoisotopic (exact) mass is 420 g/mol. The zero-order chi connectivity index (χ0) is 22.0. The molecule has 0 bridgehead atoms. The van der Waals surface area contributed by atoms with Crippen molar-refractivity contribution in [2.24, 2.45) is 0 Å². The van der Waals surface area contributed by atoms with Crippen LogP contribution in [0.25, 0.3) is 0 Å². The van der Waals surface area contributed by atoms with Crippen LogP contribution in [0.5, 0.6) is 11.5 Å². The Morgan fingerprint density at radius 2 is 2.10 bits per heavy atom. The highest BCUT2D eigenvalue weighted by molar-refractivity contribution is 6.01. The van der Waals surface area contributed by atoms with Gasteiger partial charge in [-0.3, -0.25) is 14.7 Å². The van der Waals surface area contributed by atoms with Gasteiger partial charge in [-0.1, -0.05) is 12.1 Å². The van der Waals surface area contributed by atoms with Gasteiger partial charge in [0.25, 0.3) is 5.91 Å². The van der Waals surface area contributed by atoms with E-state index in [1.807, 2.05) is 12.1 Å². The number of pyridine rings is 1. The van der Waals surface area contributed by atoms with Gasteiger partial charge in [0.05, 0.1) is 38.1 Å². The number of nitrogens with one attached hydrogen (secondary N) is 1. The standard InChI is InChI=1S/C23H24N4O4/c1-4-10-27-18-14-26(13-15-6-5-9-24-12-15)22(28)20(18)21(25-23(27)29)17-11-16(30-2)7-8-19(17)31-3/h4-9,11-12,21H,1,10,13-14H2,2-3H3,(H,25,29)/t21-/m0/s1. The third-order valence-electron chi connectivity index (χ3n) is 5.45. The Balaban J connectivity index is 1.77. The molecule has 1 aromatic carbocycles. The Kier molecular flexibility index (Phi) is 5.62. The average molecular weight is 420 g/mol. The Hall–Kier alpha value is -3.81. The lowest BCUT2D eigenvalue weighted by molar-refractivity contribution is -0.126. The summed E-state index contributed by atoms with van der Waals surface area (Å²) in [6, 6.07) is 8.15. The number of aromatic nitrogens is 1. The van der Waals surface area contributed by atoms with Crippen LogP contribution in [0.1, 0.15) is 17.2 Å². The van der Waals surface area contributed by atoms with E-state index in [-0.39, 0.29) is 11.9 Å². The lowest BCUT2D eigenvalue weighted by Gasteiger charge is -2.33. The molecule has 0 radical (unpaired) electrons. The summed E-state index contributed by atoms with van der Waals surface area (Å²) in [4.78, 5) is 33.9. The minimum absolute atomic E-state index is 0.136. The van der Waals surface area contributed by atoms with Crippen LogP contribution in [0, 0.1) is 0 Å². The fraction of sp³-hybridized carbons (Fsp3) is 0.261. The second-order valence-corrected chi connectivity index (χ2v) is 7.27. The maximum absolute atomic E-state index is 13.5. The predicted octanol–water partition coefficient (Wildman–Crippen LogP) is 2.65. The van der Waals surface area contributed by atoms with Crippen molar-refractivity contribution in [1.82, 2.24) is 20.1 Å². The molecule has 8 nitrogen and oxygen atoms in total. The van der Waals surface area contributed by atoms with Crippen LogP contribution in [0.4, 0.5) is 4.79 Å². The van der Waals surface area contributed by atoms with E-state index in [9.17, 15) is 9.59 Å². The molecule has 1 atom stereocenters. The van der Waals surface area contributed by atoms with E-state index in [4.69, 9.17) is 9.47 Å². The first kappa shape index (κ1) is 20.5. The van der Waals surface area contributed by atoms with E-state index in [1.54, 1.807) is 60.7 Å².